The monoisotopic (exact) mass is 331 g/mol. The van der Waals surface area contributed by atoms with Gasteiger partial charge in [-0.15, -0.1) is 0 Å². The maximum absolute atomic E-state index is 11.0. The summed E-state index contributed by atoms with van der Waals surface area (Å²) >= 11 is 6.20. The molecule has 1 N–H and O–H groups in total. The fourth-order valence-electron chi connectivity index (χ4n) is 2.80. The summed E-state index contributed by atoms with van der Waals surface area (Å²) in [6.45, 7) is 2.55. The maximum atomic E-state index is 11.0. The highest BCUT2D eigenvalue weighted by atomic mass is 35.5. The van der Waals surface area contributed by atoms with Crippen LogP contribution >= 0.6 is 11.6 Å². The lowest BCUT2D eigenvalue weighted by Gasteiger charge is -2.17. The Morgan fingerprint density at radius 1 is 1.26 bits per heavy atom. The smallest absolute Gasteiger partial charge is 0.335 e. The third-order valence-electron chi connectivity index (χ3n) is 3.96. The van der Waals surface area contributed by atoms with E-state index in [-0.39, 0.29) is 11.7 Å². The third kappa shape index (κ3) is 4.03. The second kappa shape index (κ2) is 7.02. The van der Waals surface area contributed by atoms with E-state index in [1.54, 1.807) is 24.3 Å². The van der Waals surface area contributed by atoms with Gasteiger partial charge in [0.1, 0.15) is 11.9 Å². The number of hydrogen-bond acceptors (Lipinski definition) is 3. The Morgan fingerprint density at radius 3 is 2.87 bits per heavy atom. The van der Waals surface area contributed by atoms with E-state index in [0.29, 0.717) is 5.75 Å². The molecule has 0 radical (unpaired) electrons. The Hall–Kier alpha value is -2.04. The van der Waals surface area contributed by atoms with E-state index < -0.39 is 5.97 Å². The molecule has 0 bridgehead atoms. The fourth-order valence-corrected chi connectivity index (χ4v) is 2.99. The molecule has 2 aromatic rings. The van der Waals surface area contributed by atoms with E-state index >= 15 is 0 Å². The van der Waals surface area contributed by atoms with Crippen LogP contribution in [-0.2, 0) is 6.54 Å². The molecule has 120 valence electrons. The fraction of sp³-hybridized carbons (Fsp3) is 0.278. The zero-order valence-corrected chi connectivity index (χ0v) is 13.4. The van der Waals surface area contributed by atoms with Gasteiger partial charge in [-0.3, -0.25) is 4.90 Å². The average molecular weight is 332 g/mol. The van der Waals surface area contributed by atoms with Gasteiger partial charge in [0.05, 0.1) is 5.56 Å². The van der Waals surface area contributed by atoms with Crippen molar-refractivity contribution in [1.29, 1.82) is 0 Å². The predicted molar refractivity (Wildman–Crippen MR) is 89.2 cm³/mol. The van der Waals surface area contributed by atoms with E-state index in [9.17, 15) is 4.79 Å². The Balaban J connectivity index is 1.59. The van der Waals surface area contributed by atoms with Gasteiger partial charge >= 0.3 is 5.97 Å². The molecule has 0 saturated carbocycles. The summed E-state index contributed by atoms with van der Waals surface area (Å²) in [7, 11) is 0. The van der Waals surface area contributed by atoms with Gasteiger partial charge in [0.15, 0.2) is 0 Å². The molecule has 1 aliphatic rings. The first-order chi connectivity index (χ1) is 11.1. The van der Waals surface area contributed by atoms with Crippen LogP contribution in [-0.4, -0.2) is 35.2 Å². The Kier molecular flexibility index (Phi) is 4.84. The van der Waals surface area contributed by atoms with Crippen molar-refractivity contribution < 1.29 is 14.6 Å². The predicted octanol–water partition coefficient (Wildman–Crippen LogP) is 3.69. The van der Waals surface area contributed by atoms with Crippen LogP contribution in [0.25, 0.3) is 0 Å². The van der Waals surface area contributed by atoms with Crippen molar-refractivity contribution >= 4 is 17.6 Å². The highest BCUT2D eigenvalue weighted by Crippen LogP contribution is 2.23. The number of aromatic carboxylic acids is 1. The van der Waals surface area contributed by atoms with Gasteiger partial charge in [0.25, 0.3) is 0 Å². The topological polar surface area (TPSA) is 49.8 Å². The number of halogens is 1. The normalized spacial score (nSPS) is 18.0. The van der Waals surface area contributed by atoms with Crippen LogP contribution in [0.5, 0.6) is 5.75 Å². The van der Waals surface area contributed by atoms with E-state index in [1.807, 2.05) is 24.3 Å². The van der Waals surface area contributed by atoms with Crippen LogP contribution in [0, 0.1) is 0 Å². The minimum atomic E-state index is -0.942. The molecule has 1 heterocycles. The molecule has 2 aromatic carbocycles. The molecule has 1 unspecified atom stereocenters. The minimum Gasteiger partial charge on any atom is -0.489 e. The Bertz CT molecular complexity index is 704. The summed E-state index contributed by atoms with van der Waals surface area (Å²) in [5.41, 5.74) is 1.36. The van der Waals surface area contributed by atoms with Gasteiger partial charge < -0.3 is 9.84 Å². The molecule has 3 rings (SSSR count). The number of benzene rings is 2. The Morgan fingerprint density at radius 2 is 2.09 bits per heavy atom. The average Bonchev–Trinajstić information content (AvgIpc) is 2.97. The molecule has 0 amide bonds. The van der Waals surface area contributed by atoms with E-state index in [2.05, 4.69) is 4.90 Å². The summed E-state index contributed by atoms with van der Waals surface area (Å²) in [4.78, 5) is 13.3. The van der Waals surface area contributed by atoms with Crippen LogP contribution in [0.15, 0.2) is 48.5 Å². The summed E-state index contributed by atoms with van der Waals surface area (Å²) in [5, 5.41) is 9.81. The zero-order chi connectivity index (χ0) is 16.2. The SMILES string of the molecule is O=C(O)c1cccc(OC2CCN(Cc3ccccc3Cl)C2)c1. The molecule has 0 spiro atoms. The lowest BCUT2D eigenvalue weighted by atomic mass is 10.2. The number of rotatable bonds is 5. The molecule has 0 aromatic heterocycles. The van der Waals surface area contributed by atoms with Crippen molar-refractivity contribution in [2.75, 3.05) is 13.1 Å². The number of carboxylic acid groups (broad SMARTS) is 1. The highest BCUT2D eigenvalue weighted by molar-refractivity contribution is 6.31. The van der Waals surface area contributed by atoms with Gasteiger partial charge in [0.2, 0.25) is 0 Å². The van der Waals surface area contributed by atoms with Gasteiger partial charge in [-0.05, 0) is 36.2 Å². The quantitative estimate of drug-likeness (QED) is 0.907. The molecule has 5 heteroatoms. The first-order valence-corrected chi connectivity index (χ1v) is 7.95. The summed E-state index contributed by atoms with van der Waals surface area (Å²) in [6, 6.07) is 14.5. The molecule has 23 heavy (non-hydrogen) atoms. The molecular formula is C18H18ClNO3. The number of hydrogen-bond donors (Lipinski definition) is 1. The first kappa shape index (κ1) is 15.8. The van der Waals surface area contributed by atoms with Crippen molar-refractivity contribution in [3.05, 3.63) is 64.7 Å². The van der Waals surface area contributed by atoms with E-state index in [1.165, 1.54) is 0 Å². The molecular weight excluding hydrogens is 314 g/mol. The lowest BCUT2D eigenvalue weighted by Crippen LogP contribution is -2.24. The van der Waals surface area contributed by atoms with Crippen LogP contribution in [0.1, 0.15) is 22.3 Å². The molecule has 0 aliphatic carbocycles. The van der Waals surface area contributed by atoms with E-state index in [0.717, 1.165) is 36.6 Å². The number of carboxylic acids is 1. The second-order valence-corrected chi connectivity index (χ2v) is 6.10. The number of nitrogens with zero attached hydrogens (tertiary/aromatic N) is 1. The lowest BCUT2D eigenvalue weighted by molar-refractivity contribution is 0.0696. The third-order valence-corrected chi connectivity index (χ3v) is 4.33. The van der Waals surface area contributed by atoms with Crippen LogP contribution in [0.3, 0.4) is 0 Å². The van der Waals surface area contributed by atoms with Crippen molar-refractivity contribution in [1.82, 2.24) is 4.90 Å². The zero-order valence-electron chi connectivity index (χ0n) is 12.6. The summed E-state index contributed by atoms with van der Waals surface area (Å²) < 4.78 is 5.93. The maximum Gasteiger partial charge on any atom is 0.335 e. The van der Waals surface area contributed by atoms with Crippen LogP contribution < -0.4 is 4.74 Å². The largest absolute Gasteiger partial charge is 0.489 e. The molecule has 1 fully saturated rings. The van der Waals surface area contributed by atoms with Crippen LogP contribution in [0.2, 0.25) is 5.02 Å². The summed E-state index contributed by atoms with van der Waals surface area (Å²) in [6.07, 6.45) is 0.989. The standard InChI is InChI=1S/C18H18ClNO3/c19-17-7-2-1-4-14(17)11-20-9-8-16(12-20)23-15-6-3-5-13(10-15)18(21)22/h1-7,10,16H,8-9,11-12H2,(H,21,22). The second-order valence-electron chi connectivity index (χ2n) is 5.69. The van der Waals surface area contributed by atoms with Gasteiger partial charge in [-0.2, -0.15) is 0 Å². The van der Waals surface area contributed by atoms with Crippen molar-refractivity contribution in [3.63, 3.8) is 0 Å². The molecule has 1 saturated heterocycles. The van der Waals surface area contributed by atoms with Crippen molar-refractivity contribution in [2.24, 2.45) is 0 Å². The first-order valence-electron chi connectivity index (χ1n) is 7.57. The number of likely N-dealkylation sites (tertiary alicyclic amines) is 1. The van der Waals surface area contributed by atoms with Gasteiger partial charge in [0, 0.05) is 24.7 Å². The van der Waals surface area contributed by atoms with Crippen LogP contribution in [0.4, 0.5) is 0 Å². The number of carbonyl (C=O) groups is 1. The minimum absolute atomic E-state index is 0.0709. The number of ether oxygens (including phenoxy) is 1. The van der Waals surface area contributed by atoms with Gasteiger partial charge in [-0.1, -0.05) is 35.9 Å². The molecule has 1 aliphatic heterocycles. The summed E-state index contributed by atoms with van der Waals surface area (Å²) in [5.74, 6) is -0.336. The van der Waals surface area contributed by atoms with E-state index in [4.69, 9.17) is 21.4 Å². The van der Waals surface area contributed by atoms with Crippen molar-refractivity contribution in [3.8, 4) is 5.75 Å². The highest BCUT2D eigenvalue weighted by Gasteiger charge is 2.24. The Labute approximate surface area is 140 Å². The molecule has 1 atom stereocenters. The van der Waals surface area contributed by atoms with Gasteiger partial charge in [-0.25, -0.2) is 4.79 Å². The molecule has 4 nitrogen and oxygen atoms in total. The van der Waals surface area contributed by atoms with Crippen molar-refractivity contribution in [2.45, 2.75) is 19.1 Å².